The molecule has 3 heterocycles. The standard InChI is InChI=1S/C12H18N6O/c1-2-17-7-5-9(6-8-17)13-10-3-4-11-14-15-12(19)18(11)16-10/h3-4,9H,2,5-8H2,1H3,(H,13,16)(H,15,19). The number of hydrogen-bond acceptors (Lipinski definition) is 5. The van der Waals surface area contributed by atoms with Gasteiger partial charge in [-0.05, 0) is 31.5 Å². The Bertz CT molecular complexity index is 610. The van der Waals surface area contributed by atoms with Crippen molar-refractivity contribution in [2.75, 3.05) is 25.0 Å². The first-order valence-corrected chi connectivity index (χ1v) is 6.69. The van der Waals surface area contributed by atoms with Crippen molar-refractivity contribution in [3.63, 3.8) is 0 Å². The van der Waals surface area contributed by atoms with Gasteiger partial charge >= 0.3 is 5.69 Å². The lowest BCUT2D eigenvalue weighted by Crippen LogP contribution is -2.39. The molecular formula is C12H18N6O. The summed E-state index contributed by atoms with van der Waals surface area (Å²) in [6.07, 6.45) is 2.21. The minimum atomic E-state index is -0.306. The highest BCUT2D eigenvalue weighted by Crippen LogP contribution is 2.14. The Morgan fingerprint density at radius 1 is 1.42 bits per heavy atom. The normalized spacial score (nSPS) is 17.9. The summed E-state index contributed by atoms with van der Waals surface area (Å²) in [7, 11) is 0. The fourth-order valence-electron chi connectivity index (χ4n) is 2.48. The van der Waals surface area contributed by atoms with Crippen LogP contribution in [0, 0.1) is 0 Å². The van der Waals surface area contributed by atoms with E-state index in [2.05, 4.69) is 32.4 Å². The molecule has 0 aromatic carbocycles. The number of anilines is 1. The average Bonchev–Trinajstić information content (AvgIpc) is 2.81. The van der Waals surface area contributed by atoms with Crippen molar-refractivity contribution in [3.05, 3.63) is 22.6 Å². The van der Waals surface area contributed by atoms with Crippen molar-refractivity contribution < 1.29 is 0 Å². The van der Waals surface area contributed by atoms with Crippen LogP contribution in [-0.2, 0) is 0 Å². The highest BCUT2D eigenvalue weighted by Gasteiger charge is 2.18. The maximum Gasteiger partial charge on any atom is 0.364 e. The Morgan fingerprint density at radius 2 is 2.21 bits per heavy atom. The third kappa shape index (κ3) is 2.46. The van der Waals surface area contributed by atoms with E-state index >= 15 is 0 Å². The largest absolute Gasteiger partial charge is 0.366 e. The molecule has 1 saturated heterocycles. The summed E-state index contributed by atoms with van der Waals surface area (Å²) in [6, 6.07) is 4.08. The zero-order valence-electron chi connectivity index (χ0n) is 11.0. The summed E-state index contributed by atoms with van der Waals surface area (Å²) < 4.78 is 1.28. The Hall–Kier alpha value is -1.89. The molecule has 102 valence electrons. The van der Waals surface area contributed by atoms with E-state index < -0.39 is 0 Å². The number of aromatic nitrogens is 4. The minimum absolute atomic E-state index is 0.306. The SMILES string of the molecule is CCN1CCC(Nc2ccc3n[nH]c(=O)n3n2)CC1. The molecule has 2 N–H and O–H groups in total. The van der Waals surface area contributed by atoms with Crippen molar-refractivity contribution >= 4 is 11.5 Å². The van der Waals surface area contributed by atoms with Crippen molar-refractivity contribution in [3.8, 4) is 0 Å². The van der Waals surface area contributed by atoms with Crippen LogP contribution >= 0.6 is 0 Å². The molecular weight excluding hydrogens is 244 g/mol. The van der Waals surface area contributed by atoms with Gasteiger partial charge in [-0.1, -0.05) is 6.92 Å². The van der Waals surface area contributed by atoms with E-state index in [0.717, 1.165) is 38.3 Å². The number of aromatic amines is 1. The maximum atomic E-state index is 11.5. The predicted molar refractivity (Wildman–Crippen MR) is 72.4 cm³/mol. The van der Waals surface area contributed by atoms with Crippen molar-refractivity contribution in [2.45, 2.75) is 25.8 Å². The van der Waals surface area contributed by atoms with Crippen LogP contribution in [0.4, 0.5) is 5.82 Å². The van der Waals surface area contributed by atoms with E-state index in [1.165, 1.54) is 4.52 Å². The van der Waals surface area contributed by atoms with Crippen LogP contribution in [0.3, 0.4) is 0 Å². The summed E-state index contributed by atoms with van der Waals surface area (Å²) in [6.45, 7) is 5.53. The first-order chi connectivity index (χ1) is 9.26. The highest BCUT2D eigenvalue weighted by molar-refractivity contribution is 5.43. The fraction of sp³-hybridized carbons (Fsp3) is 0.583. The fourth-order valence-corrected chi connectivity index (χ4v) is 2.48. The zero-order valence-corrected chi connectivity index (χ0v) is 11.0. The smallest absolute Gasteiger partial charge is 0.364 e. The molecule has 19 heavy (non-hydrogen) atoms. The number of hydrogen-bond donors (Lipinski definition) is 2. The van der Waals surface area contributed by atoms with Gasteiger partial charge in [0.1, 0.15) is 5.82 Å². The Morgan fingerprint density at radius 3 is 2.95 bits per heavy atom. The lowest BCUT2D eigenvalue weighted by molar-refractivity contribution is 0.229. The van der Waals surface area contributed by atoms with E-state index in [9.17, 15) is 4.79 Å². The zero-order chi connectivity index (χ0) is 13.2. The Balaban J connectivity index is 1.71. The van der Waals surface area contributed by atoms with Gasteiger partial charge in [0.25, 0.3) is 0 Å². The van der Waals surface area contributed by atoms with E-state index in [1.54, 1.807) is 6.07 Å². The van der Waals surface area contributed by atoms with Crippen LogP contribution in [0.1, 0.15) is 19.8 Å². The molecule has 2 aromatic rings. The van der Waals surface area contributed by atoms with Gasteiger partial charge in [-0.2, -0.15) is 9.61 Å². The number of likely N-dealkylation sites (tertiary alicyclic amines) is 1. The van der Waals surface area contributed by atoms with Crippen LogP contribution in [0.5, 0.6) is 0 Å². The average molecular weight is 262 g/mol. The van der Waals surface area contributed by atoms with Gasteiger partial charge in [0.05, 0.1) is 0 Å². The first kappa shape index (κ1) is 12.2. The number of rotatable bonds is 3. The van der Waals surface area contributed by atoms with E-state index in [-0.39, 0.29) is 5.69 Å². The van der Waals surface area contributed by atoms with Gasteiger partial charge in [-0.3, -0.25) is 0 Å². The first-order valence-electron chi connectivity index (χ1n) is 6.69. The van der Waals surface area contributed by atoms with Crippen LogP contribution in [0.25, 0.3) is 5.65 Å². The molecule has 0 bridgehead atoms. The predicted octanol–water partition coefficient (Wildman–Crippen LogP) is 0.314. The van der Waals surface area contributed by atoms with Gasteiger partial charge in [-0.15, -0.1) is 5.10 Å². The van der Waals surface area contributed by atoms with E-state index in [0.29, 0.717) is 11.7 Å². The molecule has 3 rings (SSSR count). The van der Waals surface area contributed by atoms with Gasteiger partial charge in [0.2, 0.25) is 0 Å². The minimum Gasteiger partial charge on any atom is -0.366 e. The molecule has 0 amide bonds. The van der Waals surface area contributed by atoms with E-state index in [1.807, 2.05) is 6.07 Å². The molecule has 0 spiro atoms. The van der Waals surface area contributed by atoms with Crippen LogP contribution in [0.15, 0.2) is 16.9 Å². The van der Waals surface area contributed by atoms with Crippen LogP contribution < -0.4 is 11.0 Å². The van der Waals surface area contributed by atoms with E-state index in [4.69, 9.17) is 0 Å². The number of nitrogens with zero attached hydrogens (tertiary/aromatic N) is 4. The lowest BCUT2D eigenvalue weighted by atomic mass is 10.1. The van der Waals surface area contributed by atoms with Gasteiger partial charge < -0.3 is 10.2 Å². The number of piperidine rings is 1. The van der Waals surface area contributed by atoms with Crippen LogP contribution in [0.2, 0.25) is 0 Å². The van der Waals surface area contributed by atoms with Crippen LogP contribution in [-0.4, -0.2) is 50.4 Å². The summed E-state index contributed by atoms with van der Waals surface area (Å²) in [5.41, 5.74) is 0.232. The summed E-state index contributed by atoms with van der Waals surface area (Å²) in [4.78, 5) is 13.9. The monoisotopic (exact) mass is 262 g/mol. The number of nitrogens with one attached hydrogen (secondary N) is 2. The molecule has 1 fully saturated rings. The third-order valence-corrected chi connectivity index (χ3v) is 3.66. The van der Waals surface area contributed by atoms with Crippen molar-refractivity contribution in [2.24, 2.45) is 0 Å². The number of fused-ring (bicyclic) bond motifs is 1. The van der Waals surface area contributed by atoms with Gasteiger partial charge in [0.15, 0.2) is 5.65 Å². The topological polar surface area (TPSA) is 78.3 Å². The molecule has 0 atom stereocenters. The third-order valence-electron chi connectivity index (χ3n) is 3.66. The summed E-state index contributed by atoms with van der Waals surface area (Å²) in [5.74, 6) is 0.728. The second-order valence-electron chi connectivity index (χ2n) is 4.87. The molecule has 2 aromatic heterocycles. The Labute approximate surface area is 110 Å². The summed E-state index contributed by atoms with van der Waals surface area (Å²) in [5, 5.41) is 13.9. The Kier molecular flexibility index (Phi) is 3.20. The highest BCUT2D eigenvalue weighted by atomic mass is 16.2. The van der Waals surface area contributed by atoms with Gasteiger partial charge in [-0.25, -0.2) is 9.89 Å². The molecule has 1 aliphatic heterocycles. The molecule has 7 nitrogen and oxygen atoms in total. The molecule has 0 radical (unpaired) electrons. The van der Waals surface area contributed by atoms with Gasteiger partial charge in [0, 0.05) is 19.1 Å². The molecule has 7 heteroatoms. The maximum absolute atomic E-state index is 11.5. The quantitative estimate of drug-likeness (QED) is 0.832. The van der Waals surface area contributed by atoms with Crippen molar-refractivity contribution in [1.29, 1.82) is 0 Å². The molecule has 0 saturated carbocycles. The second-order valence-corrected chi connectivity index (χ2v) is 4.87. The molecule has 0 aliphatic carbocycles. The number of H-pyrrole nitrogens is 1. The second kappa shape index (κ2) is 5.00. The summed E-state index contributed by atoms with van der Waals surface area (Å²) >= 11 is 0. The molecule has 1 aliphatic rings. The lowest BCUT2D eigenvalue weighted by Gasteiger charge is -2.31. The van der Waals surface area contributed by atoms with Crippen molar-refractivity contribution in [1.82, 2.24) is 24.7 Å². The molecule has 0 unspecified atom stereocenters.